The van der Waals surface area contributed by atoms with Gasteiger partial charge in [-0.2, -0.15) is 13.2 Å². The van der Waals surface area contributed by atoms with Crippen molar-refractivity contribution in [2.75, 3.05) is 4.72 Å². The molecule has 0 bridgehead atoms. The zero-order chi connectivity index (χ0) is 19.7. The van der Waals surface area contributed by atoms with Crippen molar-refractivity contribution in [3.63, 3.8) is 0 Å². The fourth-order valence-electron chi connectivity index (χ4n) is 2.33. The van der Waals surface area contributed by atoms with Crippen molar-refractivity contribution in [3.05, 3.63) is 72.1 Å². The lowest BCUT2D eigenvalue weighted by molar-refractivity contribution is -0.137. The van der Waals surface area contributed by atoms with Gasteiger partial charge in [-0.15, -0.1) is 0 Å². The van der Waals surface area contributed by atoms with Gasteiger partial charge in [-0.05, 0) is 43.3 Å². The highest BCUT2D eigenvalue weighted by molar-refractivity contribution is 7.92. The van der Waals surface area contributed by atoms with Crippen molar-refractivity contribution in [2.45, 2.75) is 18.0 Å². The minimum atomic E-state index is -4.46. The van der Waals surface area contributed by atoms with E-state index in [0.29, 0.717) is 17.0 Å². The van der Waals surface area contributed by atoms with Gasteiger partial charge >= 0.3 is 6.18 Å². The van der Waals surface area contributed by atoms with Gasteiger partial charge in [0.1, 0.15) is 5.82 Å². The van der Waals surface area contributed by atoms with Crippen LogP contribution in [0.1, 0.15) is 11.3 Å². The molecule has 2 heterocycles. The third-order valence-corrected chi connectivity index (χ3v) is 5.05. The molecule has 9 heteroatoms. The standard InChI is InChI=1S/C18H14F3N3O2S/c1-12-3-2-4-17(23-12)24-27(25,26)15-8-5-13(6-9-15)16-10-7-14(11-22-16)18(19,20)21/h2-11H,1H3,(H,23,24). The van der Waals surface area contributed by atoms with E-state index in [1.807, 2.05) is 0 Å². The lowest BCUT2D eigenvalue weighted by atomic mass is 10.1. The Bertz CT molecular complexity index is 1050. The van der Waals surface area contributed by atoms with Crippen LogP contribution < -0.4 is 4.72 Å². The first kappa shape index (κ1) is 18.8. The molecule has 0 aliphatic heterocycles. The first-order valence-electron chi connectivity index (χ1n) is 7.75. The van der Waals surface area contributed by atoms with E-state index >= 15 is 0 Å². The van der Waals surface area contributed by atoms with E-state index in [1.165, 1.54) is 36.4 Å². The third-order valence-electron chi connectivity index (χ3n) is 3.68. The number of aryl methyl sites for hydroxylation is 1. The molecular weight excluding hydrogens is 379 g/mol. The fraction of sp³-hybridized carbons (Fsp3) is 0.111. The Morgan fingerprint density at radius 3 is 2.22 bits per heavy atom. The number of aromatic nitrogens is 2. The predicted molar refractivity (Wildman–Crippen MR) is 94.5 cm³/mol. The number of hydrogen-bond donors (Lipinski definition) is 1. The Morgan fingerprint density at radius 1 is 0.963 bits per heavy atom. The molecule has 0 saturated heterocycles. The van der Waals surface area contributed by atoms with Crippen molar-refractivity contribution in [1.29, 1.82) is 0 Å². The van der Waals surface area contributed by atoms with Crippen molar-refractivity contribution < 1.29 is 21.6 Å². The summed E-state index contributed by atoms with van der Waals surface area (Å²) in [6, 6.07) is 12.8. The molecule has 0 spiro atoms. The number of alkyl halides is 3. The van der Waals surface area contributed by atoms with E-state index in [-0.39, 0.29) is 10.7 Å². The molecule has 0 aliphatic rings. The second-order valence-electron chi connectivity index (χ2n) is 5.72. The molecule has 1 N–H and O–H groups in total. The van der Waals surface area contributed by atoms with Crippen LogP contribution in [-0.4, -0.2) is 18.4 Å². The topological polar surface area (TPSA) is 72.0 Å². The molecule has 0 radical (unpaired) electrons. The Balaban J connectivity index is 1.82. The van der Waals surface area contributed by atoms with Crippen molar-refractivity contribution in [3.8, 4) is 11.3 Å². The average Bonchev–Trinajstić information content (AvgIpc) is 2.61. The quantitative estimate of drug-likeness (QED) is 0.719. The molecule has 0 saturated carbocycles. The van der Waals surface area contributed by atoms with Crippen molar-refractivity contribution in [1.82, 2.24) is 9.97 Å². The van der Waals surface area contributed by atoms with Gasteiger partial charge in [-0.25, -0.2) is 13.4 Å². The van der Waals surface area contributed by atoms with Gasteiger partial charge in [0.15, 0.2) is 0 Å². The summed E-state index contributed by atoms with van der Waals surface area (Å²) >= 11 is 0. The van der Waals surface area contributed by atoms with Gasteiger partial charge in [-0.3, -0.25) is 9.71 Å². The minimum Gasteiger partial charge on any atom is -0.263 e. The summed E-state index contributed by atoms with van der Waals surface area (Å²) in [6.07, 6.45) is -3.72. The summed E-state index contributed by atoms with van der Waals surface area (Å²) < 4.78 is 65.0. The molecule has 0 fully saturated rings. The number of nitrogens with zero attached hydrogens (tertiary/aromatic N) is 2. The van der Waals surface area contributed by atoms with Gasteiger partial charge in [0, 0.05) is 17.5 Å². The number of sulfonamides is 1. The third kappa shape index (κ3) is 4.43. The average molecular weight is 393 g/mol. The normalized spacial score (nSPS) is 12.0. The van der Waals surface area contributed by atoms with Crippen LogP contribution in [0, 0.1) is 6.92 Å². The van der Waals surface area contributed by atoms with Crippen LogP contribution in [-0.2, 0) is 16.2 Å². The molecule has 3 rings (SSSR count). The fourth-order valence-corrected chi connectivity index (χ4v) is 3.33. The maximum Gasteiger partial charge on any atom is 0.417 e. The molecule has 3 aromatic rings. The van der Waals surface area contributed by atoms with E-state index in [1.54, 1.807) is 19.1 Å². The van der Waals surface area contributed by atoms with Crippen molar-refractivity contribution in [2.24, 2.45) is 0 Å². The molecule has 0 unspecified atom stereocenters. The monoisotopic (exact) mass is 393 g/mol. The van der Waals surface area contributed by atoms with Gasteiger partial charge in [-0.1, -0.05) is 18.2 Å². The minimum absolute atomic E-state index is 0.00136. The second-order valence-corrected chi connectivity index (χ2v) is 7.41. The van der Waals surface area contributed by atoms with E-state index in [0.717, 1.165) is 12.3 Å². The summed E-state index contributed by atoms with van der Waals surface area (Å²) in [4.78, 5) is 7.88. The maximum atomic E-state index is 12.6. The maximum absolute atomic E-state index is 12.6. The van der Waals surface area contributed by atoms with Crippen LogP contribution in [0.5, 0.6) is 0 Å². The number of benzene rings is 1. The van der Waals surface area contributed by atoms with E-state index in [4.69, 9.17) is 0 Å². The van der Waals surface area contributed by atoms with Crippen LogP contribution >= 0.6 is 0 Å². The molecule has 140 valence electrons. The van der Waals surface area contributed by atoms with Gasteiger partial charge in [0.2, 0.25) is 0 Å². The zero-order valence-electron chi connectivity index (χ0n) is 14.0. The van der Waals surface area contributed by atoms with Crippen molar-refractivity contribution >= 4 is 15.8 Å². The number of pyridine rings is 2. The van der Waals surface area contributed by atoms with Crippen LogP contribution in [0.4, 0.5) is 19.0 Å². The Hall–Kier alpha value is -2.94. The van der Waals surface area contributed by atoms with Gasteiger partial charge < -0.3 is 0 Å². The molecule has 5 nitrogen and oxygen atoms in total. The molecule has 0 aliphatic carbocycles. The van der Waals surface area contributed by atoms with Crippen LogP contribution in [0.2, 0.25) is 0 Å². The Labute approximate surface area is 154 Å². The Morgan fingerprint density at radius 2 is 1.67 bits per heavy atom. The summed E-state index contributed by atoms with van der Waals surface area (Å²) in [5.41, 5.74) is 0.621. The summed E-state index contributed by atoms with van der Waals surface area (Å²) in [5, 5.41) is 0. The lowest BCUT2D eigenvalue weighted by Gasteiger charge is -2.09. The van der Waals surface area contributed by atoms with Crippen LogP contribution in [0.25, 0.3) is 11.3 Å². The zero-order valence-corrected chi connectivity index (χ0v) is 14.8. The second kappa shape index (κ2) is 6.99. The highest BCUT2D eigenvalue weighted by Gasteiger charge is 2.30. The highest BCUT2D eigenvalue weighted by atomic mass is 32.2. The molecule has 0 amide bonds. The van der Waals surface area contributed by atoms with E-state index in [9.17, 15) is 21.6 Å². The number of rotatable bonds is 4. The Kier molecular flexibility index (Phi) is 4.88. The summed E-state index contributed by atoms with van der Waals surface area (Å²) in [5.74, 6) is 0.198. The molecule has 0 atom stereocenters. The predicted octanol–water partition coefficient (Wildman–Crippen LogP) is 4.27. The first-order valence-corrected chi connectivity index (χ1v) is 9.24. The van der Waals surface area contributed by atoms with Crippen LogP contribution in [0.15, 0.2) is 65.7 Å². The number of anilines is 1. The number of nitrogens with one attached hydrogen (secondary N) is 1. The molecular formula is C18H14F3N3O2S. The summed E-state index contributed by atoms with van der Waals surface area (Å²) in [7, 11) is -3.84. The molecule has 2 aromatic heterocycles. The molecule has 27 heavy (non-hydrogen) atoms. The molecule has 1 aromatic carbocycles. The van der Waals surface area contributed by atoms with E-state index in [2.05, 4.69) is 14.7 Å². The number of hydrogen-bond acceptors (Lipinski definition) is 4. The number of halogens is 3. The van der Waals surface area contributed by atoms with Crippen LogP contribution in [0.3, 0.4) is 0 Å². The van der Waals surface area contributed by atoms with Gasteiger partial charge in [0.05, 0.1) is 16.2 Å². The summed E-state index contributed by atoms with van der Waals surface area (Å²) in [6.45, 7) is 1.74. The largest absolute Gasteiger partial charge is 0.417 e. The smallest absolute Gasteiger partial charge is 0.263 e. The SMILES string of the molecule is Cc1cccc(NS(=O)(=O)c2ccc(-c3ccc(C(F)(F)F)cn3)cc2)n1. The highest BCUT2D eigenvalue weighted by Crippen LogP contribution is 2.30. The van der Waals surface area contributed by atoms with E-state index < -0.39 is 21.8 Å². The van der Waals surface area contributed by atoms with Gasteiger partial charge in [0.25, 0.3) is 10.0 Å². The lowest BCUT2D eigenvalue weighted by Crippen LogP contribution is -2.14. The first-order chi connectivity index (χ1) is 12.6.